The summed E-state index contributed by atoms with van der Waals surface area (Å²) in [6, 6.07) is 4.12. The highest BCUT2D eigenvalue weighted by atomic mass is 32.2. The molecule has 8 heteroatoms. The molecule has 1 saturated carbocycles. The van der Waals surface area contributed by atoms with Gasteiger partial charge >= 0.3 is 6.11 Å². The van der Waals surface area contributed by atoms with Crippen molar-refractivity contribution in [2.24, 2.45) is 10.9 Å². The highest BCUT2D eigenvalue weighted by molar-refractivity contribution is 7.99. The van der Waals surface area contributed by atoms with Crippen molar-refractivity contribution < 1.29 is 22.3 Å². The fourth-order valence-corrected chi connectivity index (χ4v) is 4.49. The Morgan fingerprint density at radius 1 is 1.21 bits per heavy atom. The largest absolute Gasteiger partial charge is 0.436 e. The van der Waals surface area contributed by atoms with E-state index in [1.54, 1.807) is 11.8 Å². The highest BCUT2D eigenvalue weighted by Gasteiger charge is 2.38. The molecular weight excluding hydrogens is 415 g/mol. The van der Waals surface area contributed by atoms with Gasteiger partial charge in [-0.3, -0.25) is 4.99 Å². The molecule has 1 fully saturated rings. The van der Waals surface area contributed by atoms with Crippen molar-refractivity contribution >= 4 is 26.3 Å². The zero-order valence-corrected chi connectivity index (χ0v) is 19.7. The van der Waals surface area contributed by atoms with Gasteiger partial charge in [0.25, 0.3) is 0 Å². The van der Waals surface area contributed by atoms with E-state index in [1.165, 1.54) is 25.0 Å². The highest BCUT2D eigenvalue weighted by Crippen LogP contribution is 2.37. The molecule has 1 aliphatic rings. The Bertz CT molecular complexity index is 673. The summed E-state index contributed by atoms with van der Waals surface area (Å²) in [5, 5.41) is 0.0397. The van der Waals surface area contributed by atoms with E-state index in [9.17, 15) is 13.2 Å². The van der Waals surface area contributed by atoms with Crippen molar-refractivity contribution in [1.82, 2.24) is 0 Å². The fourth-order valence-electron chi connectivity index (χ4n) is 2.19. The van der Waals surface area contributed by atoms with Crippen LogP contribution in [0.15, 0.2) is 29.3 Å². The number of thioether (sulfide) groups is 1. The first-order valence-electron chi connectivity index (χ1n) is 9.96. The van der Waals surface area contributed by atoms with Crippen molar-refractivity contribution in [3.8, 4) is 5.75 Å². The van der Waals surface area contributed by atoms with Crippen LogP contribution in [0.25, 0.3) is 0 Å². The normalized spacial score (nSPS) is 17.0. The Hall–Kier alpha value is -0.993. The third-order valence-corrected chi connectivity index (χ3v) is 11.1. The third kappa shape index (κ3) is 8.72. The summed E-state index contributed by atoms with van der Waals surface area (Å²) >= 11 is 1.74. The van der Waals surface area contributed by atoms with Crippen LogP contribution in [-0.2, 0) is 4.43 Å². The number of alkyl halides is 2. The van der Waals surface area contributed by atoms with Gasteiger partial charge < -0.3 is 9.16 Å². The van der Waals surface area contributed by atoms with E-state index in [0.29, 0.717) is 18.6 Å². The van der Waals surface area contributed by atoms with E-state index in [0.717, 1.165) is 23.8 Å². The van der Waals surface area contributed by atoms with Crippen molar-refractivity contribution in [1.29, 1.82) is 0 Å². The van der Waals surface area contributed by atoms with Gasteiger partial charge in [-0.25, -0.2) is 4.39 Å². The van der Waals surface area contributed by atoms with Crippen molar-refractivity contribution in [2.75, 3.05) is 18.1 Å². The molecule has 0 radical (unpaired) electrons. The van der Waals surface area contributed by atoms with Crippen LogP contribution in [-0.4, -0.2) is 44.8 Å². The van der Waals surface area contributed by atoms with Gasteiger partial charge in [0.1, 0.15) is 17.8 Å². The van der Waals surface area contributed by atoms with Crippen LogP contribution >= 0.6 is 11.8 Å². The molecule has 0 saturated heterocycles. The maximum atomic E-state index is 14.2. The van der Waals surface area contributed by atoms with E-state index in [2.05, 4.69) is 43.6 Å². The summed E-state index contributed by atoms with van der Waals surface area (Å²) in [5.41, 5.74) is 0. The van der Waals surface area contributed by atoms with Crippen LogP contribution < -0.4 is 4.74 Å². The Balaban J connectivity index is 1.98. The SMILES string of the molecule is CC(C)(C)[Si](C)(C)OCC(CSCC1CC1)N=CC(F)(F)Oc1ccc(F)cc1. The summed E-state index contributed by atoms with van der Waals surface area (Å²) in [6.45, 7) is 11.0. The number of hydrogen-bond donors (Lipinski definition) is 0. The number of halogens is 3. The molecule has 1 aromatic rings. The molecule has 0 spiro atoms. The second-order valence-corrected chi connectivity index (χ2v) is 15.0. The maximum absolute atomic E-state index is 14.2. The first-order chi connectivity index (χ1) is 13.4. The van der Waals surface area contributed by atoms with Gasteiger partial charge in [0.15, 0.2) is 8.32 Å². The van der Waals surface area contributed by atoms with E-state index >= 15 is 0 Å². The summed E-state index contributed by atoms with van der Waals surface area (Å²) in [7, 11) is -2.00. The van der Waals surface area contributed by atoms with Crippen LogP contribution in [0.5, 0.6) is 5.75 Å². The topological polar surface area (TPSA) is 30.8 Å². The Morgan fingerprint density at radius 3 is 2.38 bits per heavy atom. The number of rotatable bonds is 11. The summed E-state index contributed by atoms with van der Waals surface area (Å²) in [5.74, 6) is 1.81. The van der Waals surface area contributed by atoms with E-state index in [4.69, 9.17) is 4.43 Å². The van der Waals surface area contributed by atoms with Gasteiger partial charge in [0, 0.05) is 5.75 Å². The predicted octanol–water partition coefficient (Wildman–Crippen LogP) is 6.40. The minimum absolute atomic E-state index is 0.0397. The van der Waals surface area contributed by atoms with Crippen LogP contribution in [0, 0.1) is 11.7 Å². The Morgan fingerprint density at radius 2 is 1.83 bits per heavy atom. The van der Waals surface area contributed by atoms with Gasteiger partial charge in [0.05, 0.1) is 12.6 Å². The molecule has 0 amide bonds. The average Bonchev–Trinajstić information content (AvgIpc) is 3.42. The Labute approximate surface area is 177 Å². The lowest BCUT2D eigenvalue weighted by Crippen LogP contribution is -2.43. The van der Waals surface area contributed by atoms with Gasteiger partial charge in [-0.1, -0.05) is 20.8 Å². The molecule has 0 aromatic heterocycles. The Kier molecular flexibility index (Phi) is 8.27. The fraction of sp³-hybridized carbons (Fsp3) is 0.667. The molecule has 0 N–H and O–H groups in total. The van der Waals surface area contributed by atoms with Gasteiger partial charge in [-0.15, -0.1) is 0 Å². The lowest BCUT2D eigenvalue weighted by atomic mass is 10.2. The molecule has 0 heterocycles. The van der Waals surface area contributed by atoms with Gasteiger partial charge in [-0.05, 0) is 66.9 Å². The second-order valence-electron chi connectivity index (χ2n) is 9.10. The van der Waals surface area contributed by atoms with Crippen LogP contribution in [0.2, 0.25) is 18.1 Å². The molecule has 0 aliphatic heterocycles. The molecule has 164 valence electrons. The number of hydrogen-bond acceptors (Lipinski definition) is 4. The molecule has 0 bridgehead atoms. The number of ether oxygens (including phenoxy) is 1. The van der Waals surface area contributed by atoms with Gasteiger partial charge in [-0.2, -0.15) is 20.5 Å². The molecule has 2 rings (SSSR count). The number of benzene rings is 1. The summed E-state index contributed by atoms with van der Waals surface area (Å²) in [4.78, 5) is 4.11. The first-order valence-corrected chi connectivity index (χ1v) is 14.0. The summed E-state index contributed by atoms with van der Waals surface area (Å²) in [6.07, 6.45) is -0.516. The monoisotopic (exact) mass is 447 g/mol. The summed E-state index contributed by atoms with van der Waals surface area (Å²) < 4.78 is 52.2. The molecule has 3 nitrogen and oxygen atoms in total. The van der Waals surface area contributed by atoms with E-state index < -0.39 is 20.2 Å². The average molecular weight is 448 g/mol. The zero-order chi connectivity index (χ0) is 21.7. The van der Waals surface area contributed by atoms with E-state index in [1.807, 2.05) is 0 Å². The molecule has 1 unspecified atom stereocenters. The number of aliphatic imine (C=N–C) groups is 1. The third-order valence-electron chi connectivity index (χ3n) is 5.31. The zero-order valence-electron chi connectivity index (χ0n) is 17.9. The smallest absolute Gasteiger partial charge is 0.428 e. The van der Waals surface area contributed by atoms with Crippen LogP contribution in [0.4, 0.5) is 13.2 Å². The lowest BCUT2D eigenvalue weighted by Gasteiger charge is -2.36. The molecule has 1 aromatic carbocycles. The predicted molar refractivity (Wildman–Crippen MR) is 117 cm³/mol. The van der Waals surface area contributed by atoms with Crippen LogP contribution in [0.3, 0.4) is 0 Å². The number of nitrogens with zero attached hydrogens (tertiary/aromatic N) is 1. The quantitative estimate of drug-likeness (QED) is 0.290. The standard InChI is InChI=1S/C21H32F3NO2SSi/c1-20(2,3)29(4,5)26-12-18(14-28-13-16-6-7-16)25-15-21(23,24)27-19-10-8-17(22)9-11-19/h8-11,15-16,18H,6-7,12-14H2,1-5H3. The van der Waals surface area contributed by atoms with Crippen molar-refractivity contribution in [3.63, 3.8) is 0 Å². The molecule has 29 heavy (non-hydrogen) atoms. The minimum Gasteiger partial charge on any atom is -0.428 e. The van der Waals surface area contributed by atoms with Crippen molar-refractivity contribution in [2.45, 2.75) is 63.9 Å². The maximum Gasteiger partial charge on any atom is 0.436 e. The molecular formula is C21H32F3NO2SSi. The minimum atomic E-state index is -3.58. The van der Waals surface area contributed by atoms with E-state index in [-0.39, 0.29) is 16.8 Å². The van der Waals surface area contributed by atoms with Crippen LogP contribution in [0.1, 0.15) is 33.6 Å². The second kappa shape index (κ2) is 9.88. The first kappa shape index (κ1) is 24.3. The molecule has 1 aliphatic carbocycles. The lowest BCUT2D eigenvalue weighted by molar-refractivity contribution is -0.107. The van der Waals surface area contributed by atoms with Crippen molar-refractivity contribution in [3.05, 3.63) is 30.1 Å². The van der Waals surface area contributed by atoms with Gasteiger partial charge in [0.2, 0.25) is 0 Å². The molecule has 1 atom stereocenters.